The largest absolute Gasteiger partial charge is 0.493 e. The van der Waals surface area contributed by atoms with Crippen molar-refractivity contribution >= 4 is 34.2 Å². The van der Waals surface area contributed by atoms with E-state index in [9.17, 15) is 9.59 Å². The summed E-state index contributed by atoms with van der Waals surface area (Å²) in [7, 11) is 0. The Morgan fingerprint density at radius 3 is 2.73 bits per heavy atom. The van der Waals surface area contributed by atoms with Gasteiger partial charge in [-0.2, -0.15) is 0 Å². The number of hydrogen-bond acceptors (Lipinski definition) is 4. The molecule has 5 nitrogen and oxygen atoms in total. The molecule has 0 unspecified atom stereocenters. The van der Waals surface area contributed by atoms with Gasteiger partial charge in [-0.15, -0.1) is 0 Å². The summed E-state index contributed by atoms with van der Waals surface area (Å²) in [5.41, 5.74) is 1.00. The summed E-state index contributed by atoms with van der Waals surface area (Å²) in [6.07, 6.45) is 0.879. The summed E-state index contributed by atoms with van der Waals surface area (Å²) in [6, 6.07) is 11.8. The van der Waals surface area contributed by atoms with Crippen molar-refractivity contribution in [2.45, 2.75) is 20.3 Å². The second-order valence-electron chi connectivity index (χ2n) is 5.91. The predicted molar refractivity (Wildman–Crippen MR) is 102 cm³/mol. The number of carbonyl (C=O) groups excluding carboxylic acids is 1. The first-order valence-corrected chi connectivity index (χ1v) is 8.64. The number of fused-ring (bicyclic) bond motifs is 1. The van der Waals surface area contributed by atoms with Crippen LogP contribution in [0.5, 0.6) is 5.75 Å². The fraction of sp³-hybridized carbons (Fsp3) is 0.200. The van der Waals surface area contributed by atoms with E-state index in [-0.39, 0.29) is 5.56 Å². The molecule has 3 aromatic rings. The van der Waals surface area contributed by atoms with Crippen molar-refractivity contribution in [3.8, 4) is 5.75 Å². The van der Waals surface area contributed by atoms with Gasteiger partial charge in [0.15, 0.2) is 0 Å². The molecule has 0 aliphatic heterocycles. The highest BCUT2D eigenvalue weighted by atomic mass is 35.5. The highest BCUT2D eigenvalue weighted by Crippen LogP contribution is 2.22. The van der Waals surface area contributed by atoms with Gasteiger partial charge in [-0.1, -0.05) is 24.6 Å². The number of benzene rings is 2. The number of nitrogens with one attached hydrogen (secondary N) is 1. The average molecular weight is 372 g/mol. The van der Waals surface area contributed by atoms with Gasteiger partial charge in [0, 0.05) is 22.2 Å². The second kappa shape index (κ2) is 7.62. The van der Waals surface area contributed by atoms with E-state index in [4.69, 9.17) is 20.8 Å². The molecule has 0 atom stereocenters. The van der Waals surface area contributed by atoms with E-state index < -0.39 is 11.5 Å². The normalized spacial score (nSPS) is 10.7. The van der Waals surface area contributed by atoms with Crippen molar-refractivity contribution < 1.29 is 13.9 Å². The van der Waals surface area contributed by atoms with E-state index in [2.05, 4.69) is 5.32 Å². The topological polar surface area (TPSA) is 68.5 Å². The monoisotopic (exact) mass is 371 g/mol. The number of anilines is 1. The highest BCUT2D eigenvalue weighted by molar-refractivity contribution is 6.31. The van der Waals surface area contributed by atoms with Crippen molar-refractivity contribution in [3.05, 3.63) is 69.0 Å². The Kier molecular flexibility index (Phi) is 5.28. The molecule has 0 fully saturated rings. The molecule has 1 heterocycles. The minimum Gasteiger partial charge on any atom is -0.493 e. The van der Waals surface area contributed by atoms with Gasteiger partial charge in [-0.3, -0.25) is 4.79 Å². The van der Waals surface area contributed by atoms with Crippen LogP contribution in [0.1, 0.15) is 29.3 Å². The van der Waals surface area contributed by atoms with Crippen molar-refractivity contribution in [1.82, 2.24) is 0 Å². The summed E-state index contributed by atoms with van der Waals surface area (Å²) < 4.78 is 10.8. The fourth-order valence-corrected chi connectivity index (χ4v) is 2.61. The smallest absolute Gasteiger partial charge is 0.349 e. The molecule has 0 aliphatic rings. The molecule has 1 amide bonds. The van der Waals surface area contributed by atoms with Crippen molar-refractivity contribution in [2.75, 3.05) is 11.9 Å². The van der Waals surface area contributed by atoms with Crippen LogP contribution in [0.3, 0.4) is 0 Å². The van der Waals surface area contributed by atoms with Gasteiger partial charge < -0.3 is 14.5 Å². The SMILES string of the molecule is CCCOc1ccc2cc(C(=O)Nc3ccc(C)c(Cl)c3)c(=O)oc2c1. The molecule has 2 aromatic carbocycles. The molecular formula is C20H18ClNO4. The average Bonchev–Trinajstić information content (AvgIpc) is 2.62. The Balaban J connectivity index is 1.89. The number of ether oxygens (including phenoxy) is 1. The minimum absolute atomic E-state index is 0.0728. The van der Waals surface area contributed by atoms with Crippen LogP contribution in [0.4, 0.5) is 5.69 Å². The van der Waals surface area contributed by atoms with Crippen LogP contribution in [-0.4, -0.2) is 12.5 Å². The molecule has 0 aliphatic carbocycles. The quantitative estimate of drug-likeness (QED) is 0.654. The molecule has 6 heteroatoms. The lowest BCUT2D eigenvalue weighted by Crippen LogP contribution is -2.20. The van der Waals surface area contributed by atoms with Crippen LogP contribution in [0, 0.1) is 6.92 Å². The Morgan fingerprint density at radius 2 is 2.00 bits per heavy atom. The van der Waals surface area contributed by atoms with E-state index in [1.165, 1.54) is 6.07 Å². The number of carbonyl (C=O) groups is 1. The summed E-state index contributed by atoms with van der Waals surface area (Å²) in [6.45, 7) is 4.45. The van der Waals surface area contributed by atoms with Gasteiger partial charge in [0.25, 0.3) is 5.91 Å². The standard InChI is InChI=1S/C20H18ClNO4/c1-3-8-25-15-7-5-13-9-16(20(24)26-18(13)11-15)19(23)22-14-6-4-12(2)17(21)10-14/h4-7,9-11H,3,8H2,1-2H3,(H,22,23). The van der Waals surface area contributed by atoms with Crippen LogP contribution in [0.25, 0.3) is 11.0 Å². The predicted octanol–water partition coefficient (Wildman–Crippen LogP) is 4.80. The van der Waals surface area contributed by atoms with Gasteiger partial charge in [0.05, 0.1) is 6.61 Å². The van der Waals surface area contributed by atoms with Crippen LogP contribution >= 0.6 is 11.6 Å². The highest BCUT2D eigenvalue weighted by Gasteiger charge is 2.15. The van der Waals surface area contributed by atoms with E-state index in [0.29, 0.717) is 34.0 Å². The maximum atomic E-state index is 12.4. The molecular weight excluding hydrogens is 354 g/mol. The third-order valence-corrected chi connectivity index (χ3v) is 4.26. The Hall–Kier alpha value is -2.79. The first-order valence-electron chi connectivity index (χ1n) is 8.26. The lowest BCUT2D eigenvalue weighted by molar-refractivity contribution is 0.102. The zero-order valence-corrected chi connectivity index (χ0v) is 15.2. The third-order valence-electron chi connectivity index (χ3n) is 3.85. The maximum Gasteiger partial charge on any atom is 0.349 e. The minimum atomic E-state index is -0.708. The Labute approximate surface area is 155 Å². The zero-order valence-electron chi connectivity index (χ0n) is 14.5. The van der Waals surface area contributed by atoms with E-state index >= 15 is 0 Å². The molecule has 0 spiro atoms. The van der Waals surface area contributed by atoms with Gasteiger partial charge in [-0.05, 0) is 49.2 Å². The van der Waals surface area contributed by atoms with Gasteiger partial charge >= 0.3 is 5.63 Å². The first kappa shape index (κ1) is 18.0. The van der Waals surface area contributed by atoms with Crippen molar-refractivity contribution in [1.29, 1.82) is 0 Å². The van der Waals surface area contributed by atoms with Gasteiger partial charge in [0.1, 0.15) is 16.9 Å². The van der Waals surface area contributed by atoms with Crippen LogP contribution in [0.15, 0.2) is 51.7 Å². The maximum absolute atomic E-state index is 12.4. The van der Waals surface area contributed by atoms with Crippen LogP contribution in [-0.2, 0) is 0 Å². The number of aryl methyl sites for hydroxylation is 1. The van der Waals surface area contributed by atoms with E-state index in [1.54, 1.807) is 36.4 Å². The number of rotatable bonds is 5. The summed E-state index contributed by atoms with van der Waals surface area (Å²) in [5.74, 6) is 0.0703. The molecule has 1 N–H and O–H groups in total. The molecule has 0 saturated carbocycles. The summed E-state index contributed by atoms with van der Waals surface area (Å²) in [5, 5.41) is 3.84. The molecule has 26 heavy (non-hydrogen) atoms. The zero-order chi connectivity index (χ0) is 18.7. The first-order chi connectivity index (χ1) is 12.5. The third kappa shape index (κ3) is 3.89. The van der Waals surface area contributed by atoms with Crippen molar-refractivity contribution in [3.63, 3.8) is 0 Å². The lowest BCUT2D eigenvalue weighted by atomic mass is 10.1. The molecule has 0 saturated heterocycles. The number of hydrogen-bond donors (Lipinski definition) is 1. The molecule has 0 bridgehead atoms. The molecule has 0 radical (unpaired) electrons. The Morgan fingerprint density at radius 1 is 1.19 bits per heavy atom. The van der Waals surface area contributed by atoms with Gasteiger partial charge in [-0.25, -0.2) is 4.79 Å². The van der Waals surface area contributed by atoms with Crippen molar-refractivity contribution in [2.24, 2.45) is 0 Å². The van der Waals surface area contributed by atoms with E-state index in [1.807, 2.05) is 13.8 Å². The second-order valence-corrected chi connectivity index (χ2v) is 6.32. The van der Waals surface area contributed by atoms with Crippen LogP contribution < -0.4 is 15.7 Å². The molecule has 134 valence electrons. The lowest BCUT2D eigenvalue weighted by Gasteiger charge is -2.08. The van der Waals surface area contributed by atoms with Crippen LogP contribution in [0.2, 0.25) is 5.02 Å². The summed E-state index contributed by atoms with van der Waals surface area (Å²) in [4.78, 5) is 24.7. The Bertz CT molecular complexity index is 1030. The fourth-order valence-electron chi connectivity index (χ4n) is 2.43. The number of halogens is 1. The molecule has 1 aromatic heterocycles. The van der Waals surface area contributed by atoms with E-state index in [0.717, 1.165) is 12.0 Å². The van der Waals surface area contributed by atoms with Gasteiger partial charge in [0.2, 0.25) is 0 Å². The number of amides is 1. The summed E-state index contributed by atoms with van der Waals surface area (Å²) >= 11 is 6.06. The molecule has 3 rings (SSSR count).